The van der Waals surface area contributed by atoms with E-state index in [1.807, 2.05) is 36.4 Å². The quantitative estimate of drug-likeness (QED) is 0.457. The number of anilines is 1. The summed E-state index contributed by atoms with van der Waals surface area (Å²) in [6, 6.07) is 16.6. The van der Waals surface area contributed by atoms with E-state index in [9.17, 15) is 19.5 Å². The lowest BCUT2D eigenvalue weighted by Gasteiger charge is -2.14. The van der Waals surface area contributed by atoms with Gasteiger partial charge in [0.1, 0.15) is 18.3 Å². The molecule has 0 saturated heterocycles. The number of carboxylic acid groups (broad SMARTS) is 1. The van der Waals surface area contributed by atoms with Gasteiger partial charge in [-0.1, -0.05) is 61.4 Å². The van der Waals surface area contributed by atoms with Gasteiger partial charge in [-0.15, -0.1) is 0 Å². The van der Waals surface area contributed by atoms with Gasteiger partial charge in [0.25, 0.3) is 5.91 Å². The average molecular weight is 475 g/mol. The van der Waals surface area contributed by atoms with Gasteiger partial charge in [0.2, 0.25) is 0 Å². The number of benzene rings is 2. The molecular weight excluding hydrogens is 448 g/mol. The summed E-state index contributed by atoms with van der Waals surface area (Å²) in [5.74, 6) is -1.21. The van der Waals surface area contributed by atoms with E-state index in [-0.39, 0.29) is 24.0 Å². The van der Waals surface area contributed by atoms with Crippen LogP contribution in [0.5, 0.6) is 0 Å². The van der Waals surface area contributed by atoms with Crippen molar-refractivity contribution in [2.75, 3.05) is 11.9 Å². The molecule has 1 heterocycles. The molecule has 3 aromatic rings. The number of rotatable bonds is 8. The van der Waals surface area contributed by atoms with Crippen LogP contribution in [0, 0.1) is 5.92 Å². The number of ether oxygens (including phenoxy) is 1. The third kappa shape index (κ3) is 4.75. The first kappa shape index (κ1) is 22.6. The molecule has 5 rings (SSSR count). The number of nitrogens with one attached hydrogen (secondary N) is 2. The lowest BCUT2D eigenvalue weighted by Crippen LogP contribution is -2.41. The number of carbonyl (C=O) groups excluding carboxylic acids is 2. The van der Waals surface area contributed by atoms with Crippen LogP contribution >= 0.6 is 0 Å². The van der Waals surface area contributed by atoms with E-state index in [0.717, 1.165) is 35.1 Å². The number of aryl methyl sites for hydroxylation is 1. The van der Waals surface area contributed by atoms with E-state index in [1.54, 1.807) is 7.05 Å². The second-order valence-electron chi connectivity index (χ2n) is 9.03. The first-order valence-corrected chi connectivity index (χ1v) is 11.6. The zero-order valence-electron chi connectivity index (χ0n) is 19.2. The van der Waals surface area contributed by atoms with Gasteiger partial charge in [-0.2, -0.15) is 5.10 Å². The number of hydrogen-bond acceptors (Lipinski definition) is 5. The Morgan fingerprint density at radius 1 is 1.09 bits per heavy atom. The molecule has 1 fully saturated rings. The summed E-state index contributed by atoms with van der Waals surface area (Å²) < 4.78 is 6.82. The maximum Gasteiger partial charge on any atom is 0.412 e. The first-order valence-electron chi connectivity index (χ1n) is 11.6. The molecule has 0 spiro atoms. The summed E-state index contributed by atoms with van der Waals surface area (Å²) in [6.07, 6.45) is 1.69. The van der Waals surface area contributed by atoms with Crippen LogP contribution in [0.3, 0.4) is 0 Å². The molecule has 180 valence electrons. The molecular formula is C26H26N4O5. The molecule has 1 atom stereocenters. The lowest BCUT2D eigenvalue weighted by atomic mass is 9.98. The molecule has 35 heavy (non-hydrogen) atoms. The smallest absolute Gasteiger partial charge is 0.412 e. The topological polar surface area (TPSA) is 123 Å². The Morgan fingerprint density at radius 2 is 1.71 bits per heavy atom. The van der Waals surface area contributed by atoms with Crippen molar-refractivity contribution in [2.24, 2.45) is 13.0 Å². The van der Waals surface area contributed by atoms with Gasteiger partial charge in [0, 0.05) is 19.0 Å². The Hall–Kier alpha value is -4.14. The highest BCUT2D eigenvalue weighted by atomic mass is 16.5. The summed E-state index contributed by atoms with van der Waals surface area (Å²) in [5.41, 5.74) is 4.63. The van der Waals surface area contributed by atoms with Gasteiger partial charge in [-0.05, 0) is 34.6 Å². The van der Waals surface area contributed by atoms with Crippen LogP contribution in [0.15, 0.2) is 54.6 Å². The molecule has 2 aliphatic rings. The van der Waals surface area contributed by atoms with Crippen molar-refractivity contribution in [1.82, 2.24) is 15.1 Å². The SMILES string of the molecule is Cn1nc(NC(=O)OCC2c3ccccc3-c3ccccc32)cc1C(=O)N[C@@H](CC1CC1)C(=O)O. The van der Waals surface area contributed by atoms with Crippen LogP contribution in [-0.4, -0.2) is 45.5 Å². The maximum atomic E-state index is 12.6. The molecule has 3 N–H and O–H groups in total. The predicted octanol–water partition coefficient (Wildman–Crippen LogP) is 3.76. The Kier molecular flexibility index (Phi) is 5.98. The van der Waals surface area contributed by atoms with E-state index in [4.69, 9.17) is 4.74 Å². The number of aliphatic carboxylic acids is 1. The standard InChI is InChI=1S/C26H26N4O5/c1-30-22(24(31)27-21(25(32)33)12-15-10-11-15)13-23(29-30)28-26(34)35-14-20-18-8-4-2-6-16(18)17-7-3-5-9-19(17)20/h2-9,13,15,20-21H,10-12,14H2,1H3,(H,27,31)(H,32,33)(H,28,29,34)/t21-/m0/s1. The fourth-order valence-electron chi connectivity index (χ4n) is 4.62. The molecule has 0 aliphatic heterocycles. The van der Waals surface area contributed by atoms with E-state index < -0.39 is 24.0 Å². The van der Waals surface area contributed by atoms with E-state index >= 15 is 0 Å². The summed E-state index contributed by atoms with van der Waals surface area (Å²) in [7, 11) is 1.55. The Balaban J connectivity index is 1.21. The minimum absolute atomic E-state index is 0.0716. The van der Waals surface area contributed by atoms with Crippen molar-refractivity contribution < 1.29 is 24.2 Å². The second-order valence-corrected chi connectivity index (χ2v) is 9.03. The van der Waals surface area contributed by atoms with Crippen LogP contribution in [-0.2, 0) is 16.6 Å². The van der Waals surface area contributed by atoms with Gasteiger partial charge in [0.15, 0.2) is 5.82 Å². The van der Waals surface area contributed by atoms with Gasteiger partial charge >= 0.3 is 12.1 Å². The van der Waals surface area contributed by atoms with Gasteiger partial charge in [0.05, 0.1) is 0 Å². The molecule has 1 saturated carbocycles. The minimum Gasteiger partial charge on any atom is -0.480 e. The number of amides is 2. The summed E-state index contributed by atoms with van der Waals surface area (Å²) in [5, 5.41) is 18.7. The van der Waals surface area contributed by atoms with Crippen molar-refractivity contribution in [3.63, 3.8) is 0 Å². The number of nitrogens with zero attached hydrogens (tertiary/aromatic N) is 2. The zero-order valence-corrected chi connectivity index (χ0v) is 19.2. The van der Waals surface area contributed by atoms with E-state index in [2.05, 4.69) is 27.9 Å². The van der Waals surface area contributed by atoms with Crippen LogP contribution in [0.2, 0.25) is 0 Å². The third-order valence-corrected chi connectivity index (χ3v) is 6.56. The summed E-state index contributed by atoms with van der Waals surface area (Å²) in [4.78, 5) is 36.6. The van der Waals surface area contributed by atoms with Crippen molar-refractivity contribution >= 4 is 23.8 Å². The number of fused-ring (bicyclic) bond motifs is 3. The fourth-order valence-corrected chi connectivity index (χ4v) is 4.62. The summed E-state index contributed by atoms with van der Waals surface area (Å²) in [6.45, 7) is 0.154. The van der Waals surface area contributed by atoms with Crippen LogP contribution in [0.1, 0.15) is 46.8 Å². The maximum absolute atomic E-state index is 12.6. The van der Waals surface area contributed by atoms with Crippen molar-refractivity contribution in [3.05, 3.63) is 71.4 Å². The first-order chi connectivity index (χ1) is 16.9. The molecule has 0 unspecified atom stereocenters. The molecule has 0 bridgehead atoms. The lowest BCUT2D eigenvalue weighted by molar-refractivity contribution is -0.139. The number of hydrogen-bond donors (Lipinski definition) is 3. The van der Waals surface area contributed by atoms with Crippen LogP contribution < -0.4 is 10.6 Å². The monoisotopic (exact) mass is 474 g/mol. The van der Waals surface area contributed by atoms with Gasteiger partial charge in [-0.25, -0.2) is 9.59 Å². The highest BCUT2D eigenvalue weighted by Gasteiger charge is 2.31. The molecule has 9 heteroatoms. The molecule has 2 amide bonds. The van der Waals surface area contributed by atoms with Crippen molar-refractivity contribution in [2.45, 2.75) is 31.2 Å². The molecule has 2 aliphatic carbocycles. The highest BCUT2D eigenvalue weighted by molar-refractivity contribution is 5.96. The molecule has 0 radical (unpaired) electrons. The second kappa shape index (κ2) is 9.25. The zero-order chi connectivity index (χ0) is 24.5. The molecule has 9 nitrogen and oxygen atoms in total. The Bertz CT molecular complexity index is 1250. The van der Waals surface area contributed by atoms with Crippen molar-refractivity contribution in [1.29, 1.82) is 0 Å². The number of carboxylic acids is 1. The average Bonchev–Trinajstić information content (AvgIpc) is 3.50. The van der Waals surface area contributed by atoms with E-state index in [1.165, 1.54) is 10.7 Å². The minimum atomic E-state index is -1.07. The number of carbonyl (C=O) groups is 3. The van der Waals surface area contributed by atoms with Crippen LogP contribution in [0.4, 0.5) is 10.6 Å². The highest BCUT2D eigenvalue weighted by Crippen LogP contribution is 2.44. The molecule has 1 aromatic heterocycles. The normalized spacial score (nSPS) is 15.1. The van der Waals surface area contributed by atoms with Crippen LogP contribution in [0.25, 0.3) is 11.1 Å². The summed E-state index contributed by atoms with van der Waals surface area (Å²) >= 11 is 0. The number of aromatic nitrogens is 2. The predicted molar refractivity (Wildman–Crippen MR) is 128 cm³/mol. The largest absolute Gasteiger partial charge is 0.480 e. The van der Waals surface area contributed by atoms with Crippen molar-refractivity contribution in [3.8, 4) is 11.1 Å². The Labute approximate surface area is 202 Å². The third-order valence-electron chi connectivity index (χ3n) is 6.56. The van der Waals surface area contributed by atoms with Gasteiger partial charge < -0.3 is 15.2 Å². The van der Waals surface area contributed by atoms with E-state index in [0.29, 0.717) is 12.3 Å². The fraction of sp³-hybridized carbons (Fsp3) is 0.308. The Morgan fingerprint density at radius 3 is 2.31 bits per heavy atom. The van der Waals surface area contributed by atoms with Gasteiger partial charge in [-0.3, -0.25) is 14.8 Å². The molecule has 2 aromatic carbocycles.